The molecule has 1 aromatic heterocycles. The van der Waals surface area contributed by atoms with Crippen LogP contribution in [0.4, 0.5) is 0 Å². The fourth-order valence-corrected chi connectivity index (χ4v) is 4.39. The Labute approximate surface area is 162 Å². The van der Waals surface area contributed by atoms with Gasteiger partial charge in [0.2, 0.25) is 0 Å². The molecule has 136 valence electrons. The Hall–Kier alpha value is -1.93. The number of thiazole rings is 1. The second-order valence-corrected chi connectivity index (χ2v) is 8.29. The second-order valence-electron chi connectivity index (χ2n) is 7.01. The van der Waals surface area contributed by atoms with Crippen LogP contribution >= 0.6 is 11.3 Å². The highest BCUT2D eigenvalue weighted by atomic mass is 32.1. The van der Waals surface area contributed by atoms with E-state index in [1.807, 2.05) is 11.3 Å². The zero-order valence-corrected chi connectivity index (χ0v) is 16.8. The van der Waals surface area contributed by atoms with E-state index in [0.29, 0.717) is 0 Å². The van der Waals surface area contributed by atoms with Crippen molar-refractivity contribution in [1.82, 2.24) is 4.98 Å². The van der Waals surface area contributed by atoms with Crippen LogP contribution in [0.2, 0.25) is 0 Å². The highest BCUT2D eigenvalue weighted by Crippen LogP contribution is 2.25. The summed E-state index contributed by atoms with van der Waals surface area (Å²) in [5.41, 5.74) is 5.27. The number of aromatic nitrogens is 1. The Kier molecular flexibility index (Phi) is 7.02. The van der Waals surface area contributed by atoms with Gasteiger partial charge in [-0.2, -0.15) is 0 Å². The Morgan fingerprint density at radius 2 is 1.50 bits per heavy atom. The summed E-state index contributed by atoms with van der Waals surface area (Å²) < 4.78 is 0. The molecular formula is C24H29NS. The number of benzene rings is 2. The van der Waals surface area contributed by atoms with E-state index in [1.165, 1.54) is 64.4 Å². The fourth-order valence-electron chi connectivity index (χ4n) is 3.37. The molecule has 3 aromatic rings. The molecule has 0 fully saturated rings. The lowest BCUT2D eigenvalue weighted by Crippen LogP contribution is -1.94. The van der Waals surface area contributed by atoms with Crippen molar-refractivity contribution in [3.63, 3.8) is 0 Å². The lowest BCUT2D eigenvalue weighted by Gasteiger charge is -2.06. The standard InChI is InChI=1S/C24H29NS/c1-3-4-5-6-10-13-23-24(26-19(2)25-23)18-20-14-16-22(17-15-20)21-11-8-7-9-12-21/h7-9,11-12,14-17H,3-6,10,13,18H2,1-2H3. The first kappa shape index (κ1) is 18.8. The van der Waals surface area contributed by atoms with Crippen LogP contribution in [0.15, 0.2) is 54.6 Å². The van der Waals surface area contributed by atoms with Crippen molar-refractivity contribution < 1.29 is 0 Å². The first-order chi connectivity index (χ1) is 12.8. The van der Waals surface area contributed by atoms with Gasteiger partial charge in [0.25, 0.3) is 0 Å². The molecule has 0 aliphatic carbocycles. The summed E-state index contributed by atoms with van der Waals surface area (Å²) in [5, 5.41) is 1.20. The van der Waals surface area contributed by atoms with Gasteiger partial charge in [-0.15, -0.1) is 11.3 Å². The first-order valence-electron chi connectivity index (χ1n) is 9.86. The molecule has 0 aliphatic heterocycles. The van der Waals surface area contributed by atoms with Gasteiger partial charge in [0.1, 0.15) is 0 Å². The Morgan fingerprint density at radius 3 is 2.23 bits per heavy atom. The van der Waals surface area contributed by atoms with Gasteiger partial charge in [-0.1, -0.05) is 87.2 Å². The summed E-state index contributed by atoms with van der Waals surface area (Å²) in [4.78, 5) is 6.26. The molecule has 0 aliphatic rings. The summed E-state index contributed by atoms with van der Waals surface area (Å²) in [5.74, 6) is 0. The normalized spacial score (nSPS) is 11.0. The average molecular weight is 364 g/mol. The van der Waals surface area contributed by atoms with Crippen molar-refractivity contribution in [2.24, 2.45) is 0 Å². The molecule has 3 rings (SSSR count). The van der Waals surface area contributed by atoms with E-state index in [2.05, 4.69) is 68.4 Å². The first-order valence-corrected chi connectivity index (χ1v) is 10.7. The molecule has 2 heteroatoms. The van der Waals surface area contributed by atoms with Gasteiger partial charge >= 0.3 is 0 Å². The number of unbranched alkanes of at least 4 members (excludes halogenated alkanes) is 4. The van der Waals surface area contributed by atoms with Gasteiger partial charge in [0.15, 0.2) is 0 Å². The van der Waals surface area contributed by atoms with Crippen LogP contribution in [-0.4, -0.2) is 4.98 Å². The number of aryl methyl sites for hydroxylation is 2. The van der Waals surface area contributed by atoms with Crippen molar-refractivity contribution in [2.75, 3.05) is 0 Å². The number of rotatable bonds is 9. The molecule has 0 atom stereocenters. The molecule has 0 unspecified atom stereocenters. The van der Waals surface area contributed by atoms with E-state index in [1.54, 1.807) is 0 Å². The van der Waals surface area contributed by atoms with Crippen molar-refractivity contribution in [3.05, 3.63) is 75.7 Å². The maximum Gasteiger partial charge on any atom is 0.0900 e. The quantitative estimate of drug-likeness (QED) is 0.366. The van der Waals surface area contributed by atoms with Crippen LogP contribution in [0.25, 0.3) is 11.1 Å². The van der Waals surface area contributed by atoms with Gasteiger partial charge in [-0.3, -0.25) is 0 Å². The molecule has 0 saturated heterocycles. The zero-order chi connectivity index (χ0) is 18.2. The molecule has 1 nitrogen and oxygen atoms in total. The van der Waals surface area contributed by atoms with E-state index >= 15 is 0 Å². The maximum atomic E-state index is 4.81. The molecule has 2 aromatic carbocycles. The smallest absolute Gasteiger partial charge is 0.0900 e. The summed E-state index contributed by atoms with van der Waals surface area (Å²) in [7, 11) is 0. The summed E-state index contributed by atoms with van der Waals surface area (Å²) in [6.07, 6.45) is 8.75. The Balaban J connectivity index is 1.63. The van der Waals surface area contributed by atoms with E-state index in [4.69, 9.17) is 4.98 Å². The van der Waals surface area contributed by atoms with Gasteiger partial charge in [-0.25, -0.2) is 4.98 Å². The largest absolute Gasteiger partial charge is 0.246 e. The average Bonchev–Trinajstić information content (AvgIpc) is 3.02. The molecule has 0 saturated carbocycles. The molecule has 26 heavy (non-hydrogen) atoms. The van der Waals surface area contributed by atoms with Crippen LogP contribution in [0.1, 0.15) is 60.2 Å². The molecule has 0 amide bonds. The van der Waals surface area contributed by atoms with E-state index < -0.39 is 0 Å². The second kappa shape index (κ2) is 9.68. The number of hydrogen-bond acceptors (Lipinski definition) is 2. The fraction of sp³-hybridized carbons (Fsp3) is 0.375. The SMILES string of the molecule is CCCCCCCc1nc(C)sc1Cc1ccc(-c2ccccc2)cc1. The predicted molar refractivity (Wildman–Crippen MR) is 114 cm³/mol. The van der Waals surface area contributed by atoms with Crippen LogP contribution < -0.4 is 0 Å². The third-order valence-corrected chi connectivity index (χ3v) is 5.84. The van der Waals surface area contributed by atoms with Crippen molar-refractivity contribution in [1.29, 1.82) is 0 Å². The van der Waals surface area contributed by atoms with Gasteiger partial charge in [0.05, 0.1) is 10.7 Å². The van der Waals surface area contributed by atoms with Crippen LogP contribution in [0.3, 0.4) is 0 Å². The summed E-state index contributed by atoms with van der Waals surface area (Å²) >= 11 is 1.87. The minimum Gasteiger partial charge on any atom is -0.246 e. The molecule has 0 N–H and O–H groups in total. The lowest BCUT2D eigenvalue weighted by atomic mass is 10.0. The zero-order valence-electron chi connectivity index (χ0n) is 16.0. The third kappa shape index (κ3) is 5.28. The van der Waals surface area contributed by atoms with Gasteiger partial charge in [0, 0.05) is 11.3 Å². The van der Waals surface area contributed by atoms with Crippen molar-refractivity contribution in [2.45, 2.75) is 58.8 Å². The van der Waals surface area contributed by atoms with E-state index in [0.717, 1.165) is 12.8 Å². The number of nitrogens with zero attached hydrogens (tertiary/aromatic N) is 1. The summed E-state index contributed by atoms with van der Waals surface area (Å²) in [6.45, 7) is 4.40. The molecule has 1 heterocycles. The van der Waals surface area contributed by atoms with Crippen LogP contribution in [-0.2, 0) is 12.8 Å². The third-order valence-electron chi connectivity index (χ3n) is 4.83. The minimum atomic E-state index is 1.00. The minimum absolute atomic E-state index is 1.00. The van der Waals surface area contributed by atoms with E-state index in [-0.39, 0.29) is 0 Å². The van der Waals surface area contributed by atoms with Crippen molar-refractivity contribution >= 4 is 11.3 Å². The van der Waals surface area contributed by atoms with Crippen LogP contribution in [0.5, 0.6) is 0 Å². The van der Waals surface area contributed by atoms with E-state index in [9.17, 15) is 0 Å². The Morgan fingerprint density at radius 1 is 0.808 bits per heavy atom. The van der Waals surface area contributed by atoms with Gasteiger partial charge in [-0.05, 0) is 36.5 Å². The van der Waals surface area contributed by atoms with Gasteiger partial charge < -0.3 is 0 Å². The topological polar surface area (TPSA) is 12.9 Å². The highest BCUT2D eigenvalue weighted by Gasteiger charge is 2.10. The number of hydrogen-bond donors (Lipinski definition) is 0. The predicted octanol–water partition coefficient (Wildman–Crippen LogP) is 7.22. The van der Waals surface area contributed by atoms with Crippen molar-refractivity contribution in [3.8, 4) is 11.1 Å². The maximum absolute atomic E-state index is 4.81. The molecule has 0 radical (unpaired) electrons. The molecular weight excluding hydrogens is 334 g/mol. The Bertz CT molecular complexity index is 787. The molecule has 0 spiro atoms. The highest BCUT2D eigenvalue weighted by molar-refractivity contribution is 7.11. The van der Waals surface area contributed by atoms with Crippen LogP contribution in [0, 0.1) is 6.92 Å². The lowest BCUT2D eigenvalue weighted by molar-refractivity contribution is 0.627. The summed E-state index contributed by atoms with van der Waals surface area (Å²) in [6, 6.07) is 19.6. The molecule has 0 bridgehead atoms. The monoisotopic (exact) mass is 363 g/mol.